The molecule has 0 amide bonds. The second-order valence-electron chi connectivity index (χ2n) is 3.48. The minimum atomic E-state index is -0.416. The van der Waals surface area contributed by atoms with Crippen molar-refractivity contribution in [3.05, 3.63) is 40.6 Å². The highest BCUT2D eigenvalue weighted by atomic mass is 16.6. The van der Waals surface area contributed by atoms with Gasteiger partial charge < -0.3 is 10.3 Å². The number of anilines is 1. The second-order valence-corrected chi connectivity index (χ2v) is 3.48. The molecule has 2 aromatic rings. The Bertz CT molecular complexity index is 519. The molecule has 0 fully saturated rings. The van der Waals surface area contributed by atoms with Crippen molar-refractivity contribution in [2.75, 3.05) is 11.9 Å². The number of rotatable bonds is 4. The largest absolute Gasteiger partial charge is 0.356 e. The number of hydrogen-bond acceptors (Lipinski definition) is 4. The highest BCUT2D eigenvalue weighted by Gasteiger charge is 2.06. The fourth-order valence-electron chi connectivity index (χ4n) is 1.49. The van der Waals surface area contributed by atoms with Gasteiger partial charge in [-0.2, -0.15) is 0 Å². The van der Waals surface area contributed by atoms with E-state index in [1.807, 2.05) is 6.92 Å². The SMILES string of the molecule is CCNc1ncc(-c2ccc([N+](=O)[O-])cc2)[nH]1. The third-order valence-corrected chi connectivity index (χ3v) is 2.31. The topological polar surface area (TPSA) is 83.8 Å². The molecular weight excluding hydrogens is 220 g/mol. The first-order valence-corrected chi connectivity index (χ1v) is 5.24. The number of non-ortho nitro benzene ring substituents is 1. The summed E-state index contributed by atoms with van der Waals surface area (Å²) in [5, 5.41) is 13.6. The van der Waals surface area contributed by atoms with Crippen LogP contribution >= 0.6 is 0 Å². The van der Waals surface area contributed by atoms with E-state index in [2.05, 4.69) is 15.3 Å². The third kappa shape index (κ3) is 2.41. The lowest BCUT2D eigenvalue weighted by molar-refractivity contribution is -0.384. The number of aromatic amines is 1. The van der Waals surface area contributed by atoms with E-state index in [1.165, 1.54) is 12.1 Å². The Labute approximate surface area is 97.9 Å². The predicted octanol–water partition coefficient (Wildman–Crippen LogP) is 2.42. The smallest absolute Gasteiger partial charge is 0.269 e. The van der Waals surface area contributed by atoms with Crippen LogP contribution in [0.15, 0.2) is 30.5 Å². The van der Waals surface area contributed by atoms with Crippen LogP contribution in [0.3, 0.4) is 0 Å². The maximum atomic E-state index is 10.5. The van der Waals surface area contributed by atoms with Gasteiger partial charge in [0.2, 0.25) is 5.95 Å². The maximum absolute atomic E-state index is 10.5. The number of imidazole rings is 1. The molecule has 2 rings (SSSR count). The number of nitro groups is 1. The van der Waals surface area contributed by atoms with Crippen molar-refractivity contribution in [3.63, 3.8) is 0 Å². The Morgan fingerprint density at radius 1 is 1.41 bits per heavy atom. The molecule has 0 atom stereocenters. The summed E-state index contributed by atoms with van der Waals surface area (Å²) < 4.78 is 0. The number of aromatic nitrogens is 2. The first kappa shape index (κ1) is 11.1. The van der Waals surface area contributed by atoms with Gasteiger partial charge in [0.15, 0.2) is 0 Å². The van der Waals surface area contributed by atoms with Gasteiger partial charge in [0.1, 0.15) is 0 Å². The Kier molecular flexibility index (Phi) is 3.04. The van der Waals surface area contributed by atoms with E-state index >= 15 is 0 Å². The molecule has 0 radical (unpaired) electrons. The van der Waals surface area contributed by atoms with Crippen LogP contribution in [0.25, 0.3) is 11.3 Å². The molecule has 0 aliphatic rings. The van der Waals surface area contributed by atoms with Gasteiger partial charge in [0.05, 0.1) is 16.8 Å². The number of nitrogens with one attached hydrogen (secondary N) is 2. The van der Waals surface area contributed by atoms with E-state index < -0.39 is 4.92 Å². The van der Waals surface area contributed by atoms with Crippen LogP contribution in [0.2, 0.25) is 0 Å². The molecule has 0 saturated heterocycles. The summed E-state index contributed by atoms with van der Waals surface area (Å²) in [6.07, 6.45) is 1.69. The van der Waals surface area contributed by atoms with Crippen LogP contribution < -0.4 is 5.32 Å². The zero-order valence-electron chi connectivity index (χ0n) is 9.30. The highest BCUT2D eigenvalue weighted by molar-refractivity contribution is 5.61. The summed E-state index contributed by atoms with van der Waals surface area (Å²) in [7, 11) is 0. The molecule has 1 aromatic carbocycles. The summed E-state index contributed by atoms with van der Waals surface area (Å²) in [6.45, 7) is 2.77. The fourth-order valence-corrected chi connectivity index (χ4v) is 1.49. The van der Waals surface area contributed by atoms with Gasteiger partial charge in [0.25, 0.3) is 5.69 Å². The zero-order valence-corrected chi connectivity index (χ0v) is 9.30. The van der Waals surface area contributed by atoms with Crippen molar-refractivity contribution in [1.29, 1.82) is 0 Å². The first-order valence-electron chi connectivity index (χ1n) is 5.24. The predicted molar refractivity (Wildman–Crippen MR) is 64.8 cm³/mol. The number of H-pyrrole nitrogens is 1. The fraction of sp³-hybridized carbons (Fsp3) is 0.182. The van der Waals surface area contributed by atoms with Gasteiger partial charge in [-0.15, -0.1) is 0 Å². The number of nitro benzene ring substituents is 1. The first-order chi connectivity index (χ1) is 8.20. The van der Waals surface area contributed by atoms with Crippen molar-refractivity contribution in [1.82, 2.24) is 9.97 Å². The highest BCUT2D eigenvalue weighted by Crippen LogP contribution is 2.21. The molecule has 0 aliphatic carbocycles. The maximum Gasteiger partial charge on any atom is 0.269 e. The molecule has 17 heavy (non-hydrogen) atoms. The van der Waals surface area contributed by atoms with Gasteiger partial charge in [-0.1, -0.05) is 0 Å². The van der Waals surface area contributed by atoms with E-state index in [0.29, 0.717) is 5.95 Å². The third-order valence-electron chi connectivity index (χ3n) is 2.31. The number of benzene rings is 1. The lowest BCUT2D eigenvalue weighted by Gasteiger charge is -1.98. The Hall–Kier alpha value is -2.37. The van der Waals surface area contributed by atoms with Crippen LogP contribution in [0.1, 0.15) is 6.92 Å². The molecule has 1 aromatic heterocycles. The van der Waals surface area contributed by atoms with Crippen molar-refractivity contribution >= 4 is 11.6 Å². The Morgan fingerprint density at radius 2 is 2.12 bits per heavy atom. The normalized spacial score (nSPS) is 10.2. The standard InChI is InChI=1S/C11H12N4O2/c1-2-12-11-13-7-10(14-11)8-3-5-9(6-4-8)15(16)17/h3-7H,2H2,1H3,(H2,12,13,14). The van der Waals surface area contributed by atoms with Crippen molar-refractivity contribution in [2.24, 2.45) is 0 Å². The van der Waals surface area contributed by atoms with Gasteiger partial charge in [-0.25, -0.2) is 4.98 Å². The molecule has 0 aliphatic heterocycles. The lowest BCUT2D eigenvalue weighted by Crippen LogP contribution is -1.97. The van der Waals surface area contributed by atoms with Crippen molar-refractivity contribution in [3.8, 4) is 11.3 Å². The van der Waals surface area contributed by atoms with Crippen LogP contribution in [-0.4, -0.2) is 21.4 Å². The molecule has 0 bridgehead atoms. The minimum absolute atomic E-state index is 0.0835. The van der Waals surface area contributed by atoms with E-state index in [0.717, 1.165) is 17.8 Å². The lowest BCUT2D eigenvalue weighted by atomic mass is 10.1. The van der Waals surface area contributed by atoms with Gasteiger partial charge in [-0.3, -0.25) is 10.1 Å². The van der Waals surface area contributed by atoms with E-state index in [4.69, 9.17) is 0 Å². The number of hydrogen-bond donors (Lipinski definition) is 2. The second kappa shape index (κ2) is 4.65. The van der Waals surface area contributed by atoms with Gasteiger partial charge in [-0.05, 0) is 19.1 Å². The van der Waals surface area contributed by atoms with E-state index in [1.54, 1.807) is 18.3 Å². The number of nitrogens with zero attached hydrogens (tertiary/aromatic N) is 2. The summed E-state index contributed by atoms with van der Waals surface area (Å²) in [5.74, 6) is 0.695. The average Bonchev–Trinajstić information content (AvgIpc) is 2.78. The van der Waals surface area contributed by atoms with Crippen LogP contribution in [0.4, 0.5) is 11.6 Å². The van der Waals surface area contributed by atoms with Crippen LogP contribution in [-0.2, 0) is 0 Å². The minimum Gasteiger partial charge on any atom is -0.356 e. The molecule has 6 heteroatoms. The van der Waals surface area contributed by atoms with Crippen LogP contribution in [0, 0.1) is 10.1 Å². The molecule has 6 nitrogen and oxygen atoms in total. The van der Waals surface area contributed by atoms with E-state index in [9.17, 15) is 10.1 Å². The molecule has 88 valence electrons. The molecule has 0 unspecified atom stereocenters. The van der Waals surface area contributed by atoms with Crippen molar-refractivity contribution in [2.45, 2.75) is 6.92 Å². The summed E-state index contributed by atoms with van der Waals surface area (Å²) in [6, 6.07) is 6.34. The molecule has 0 spiro atoms. The molecule has 2 N–H and O–H groups in total. The van der Waals surface area contributed by atoms with Gasteiger partial charge >= 0.3 is 0 Å². The molecular formula is C11H12N4O2. The summed E-state index contributed by atoms with van der Waals surface area (Å²) >= 11 is 0. The quantitative estimate of drug-likeness (QED) is 0.626. The molecule has 1 heterocycles. The van der Waals surface area contributed by atoms with E-state index in [-0.39, 0.29) is 5.69 Å². The molecule has 0 saturated carbocycles. The van der Waals surface area contributed by atoms with Crippen LogP contribution in [0.5, 0.6) is 0 Å². The van der Waals surface area contributed by atoms with Gasteiger partial charge in [0, 0.05) is 24.2 Å². The Morgan fingerprint density at radius 3 is 2.71 bits per heavy atom. The monoisotopic (exact) mass is 232 g/mol. The zero-order chi connectivity index (χ0) is 12.3. The summed E-state index contributed by atoms with van der Waals surface area (Å²) in [5.41, 5.74) is 1.78. The average molecular weight is 232 g/mol. The van der Waals surface area contributed by atoms with Crippen molar-refractivity contribution < 1.29 is 4.92 Å². The Balaban J connectivity index is 2.23. The summed E-state index contributed by atoms with van der Waals surface area (Å²) in [4.78, 5) is 17.3.